The summed E-state index contributed by atoms with van der Waals surface area (Å²) in [5.74, 6) is 0.701. The fourth-order valence-corrected chi connectivity index (χ4v) is 4.04. The molecule has 2 aromatic rings. The highest BCUT2D eigenvalue weighted by Crippen LogP contribution is 2.28. The Morgan fingerprint density at radius 2 is 2.08 bits per heavy atom. The molecule has 0 saturated carbocycles. The number of aryl methyl sites for hydroxylation is 1. The molecular formula is C19H27N5O2. The number of nitrogens with zero attached hydrogens (tertiary/aromatic N) is 5. The number of carbonyl (C=O) groups excluding carboxylic acids is 1. The van der Waals surface area contributed by atoms with Crippen LogP contribution in [0.4, 0.5) is 0 Å². The Hall–Kier alpha value is -2.15. The molecule has 1 amide bonds. The zero-order valence-electron chi connectivity index (χ0n) is 15.6. The van der Waals surface area contributed by atoms with Gasteiger partial charge in [0.2, 0.25) is 5.76 Å². The van der Waals surface area contributed by atoms with Crippen LogP contribution in [0.2, 0.25) is 0 Å². The normalized spacial score (nSPS) is 21.5. The third kappa shape index (κ3) is 3.40. The maximum atomic E-state index is 12.5. The summed E-state index contributed by atoms with van der Waals surface area (Å²) < 4.78 is 7.32. The van der Waals surface area contributed by atoms with Gasteiger partial charge in [-0.05, 0) is 39.2 Å². The number of carbonyl (C=O) groups is 1. The van der Waals surface area contributed by atoms with E-state index < -0.39 is 0 Å². The lowest BCUT2D eigenvalue weighted by Gasteiger charge is -2.31. The summed E-state index contributed by atoms with van der Waals surface area (Å²) in [7, 11) is 1.98. The van der Waals surface area contributed by atoms with Crippen LogP contribution < -0.4 is 0 Å². The third-order valence-electron chi connectivity index (χ3n) is 5.79. The minimum atomic E-state index is -0.0140. The standard InChI is InChI=1S/C19H27N5O2/c1-14-16(11-20-22(14)2)13-23-7-5-6-15(12-23)17-10-18(26-21-17)19(25)24-8-3-4-9-24/h10-11,15H,3-9,12-13H2,1-2H3/t15-/m0/s1. The van der Waals surface area contributed by atoms with Crippen molar-refractivity contribution in [2.75, 3.05) is 26.2 Å². The smallest absolute Gasteiger partial charge is 0.292 e. The molecule has 2 aliphatic rings. The van der Waals surface area contributed by atoms with Gasteiger partial charge in [-0.25, -0.2) is 0 Å². The van der Waals surface area contributed by atoms with Crippen LogP contribution in [0, 0.1) is 6.92 Å². The fraction of sp³-hybridized carbons (Fsp3) is 0.632. The highest BCUT2D eigenvalue weighted by molar-refractivity contribution is 5.91. The zero-order valence-corrected chi connectivity index (χ0v) is 15.6. The van der Waals surface area contributed by atoms with Crippen molar-refractivity contribution in [3.8, 4) is 0 Å². The first kappa shape index (κ1) is 17.3. The summed E-state index contributed by atoms with van der Waals surface area (Å²) in [4.78, 5) is 16.8. The number of hydrogen-bond donors (Lipinski definition) is 0. The summed E-state index contributed by atoms with van der Waals surface area (Å²) in [6, 6.07) is 1.87. The van der Waals surface area contributed by atoms with Crippen molar-refractivity contribution in [3.63, 3.8) is 0 Å². The van der Waals surface area contributed by atoms with Crippen molar-refractivity contribution in [1.29, 1.82) is 0 Å². The van der Waals surface area contributed by atoms with Crippen molar-refractivity contribution in [1.82, 2.24) is 24.7 Å². The monoisotopic (exact) mass is 357 g/mol. The maximum Gasteiger partial charge on any atom is 0.292 e. The van der Waals surface area contributed by atoms with Crippen molar-refractivity contribution >= 4 is 5.91 Å². The molecular weight excluding hydrogens is 330 g/mol. The molecule has 0 radical (unpaired) electrons. The first-order valence-electron chi connectivity index (χ1n) is 9.57. The number of rotatable bonds is 4. The number of aromatic nitrogens is 3. The predicted octanol–water partition coefficient (Wildman–Crippen LogP) is 2.33. The Bertz CT molecular complexity index is 775. The average Bonchev–Trinajstić information content (AvgIpc) is 3.40. The van der Waals surface area contributed by atoms with E-state index in [-0.39, 0.29) is 5.91 Å². The van der Waals surface area contributed by atoms with Gasteiger partial charge in [-0.3, -0.25) is 14.4 Å². The van der Waals surface area contributed by atoms with Crippen molar-refractivity contribution in [2.24, 2.45) is 7.05 Å². The van der Waals surface area contributed by atoms with E-state index in [2.05, 4.69) is 22.1 Å². The SMILES string of the molecule is Cc1c(CN2CCC[C@H](c3cc(C(=O)N4CCCC4)on3)C2)cnn1C. The molecule has 0 bridgehead atoms. The molecule has 4 rings (SSSR count). The topological polar surface area (TPSA) is 67.4 Å². The molecule has 0 aliphatic carbocycles. The van der Waals surface area contributed by atoms with Gasteiger partial charge in [0.15, 0.2) is 0 Å². The van der Waals surface area contributed by atoms with Crippen LogP contribution in [-0.4, -0.2) is 56.8 Å². The summed E-state index contributed by atoms with van der Waals surface area (Å²) in [5, 5.41) is 8.57. The van der Waals surface area contributed by atoms with Gasteiger partial charge in [0, 0.05) is 56.5 Å². The molecule has 4 heterocycles. The fourth-order valence-electron chi connectivity index (χ4n) is 4.04. The third-order valence-corrected chi connectivity index (χ3v) is 5.79. The van der Waals surface area contributed by atoms with Gasteiger partial charge >= 0.3 is 0 Å². The minimum absolute atomic E-state index is 0.0140. The quantitative estimate of drug-likeness (QED) is 0.840. The van der Waals surface area contributed by atoms with Crippen LogP contribution in [0.5, 0.6) is 0 Å². The highest BCUT2D eigenvalue weighted by Gasteiger charge is 2.28. The largest absolute Gasteiger partial charge is 0.351 e. The number of hydrogen-bond acceptors (Lipinski definition) is 5. The van der Waals surface area contributed by atoms with Crippen molar-refractivity contribution < 1.29 is 9.32 Å². The molecule has 7 nitrogen and oxygen atoms in total. The van der Waals surface area contributed by atoms with Gasteiger partial charge in [-0.1, -0.05) is 5.16 Å². The molecule has 0 spiro atoms. The Morgan fingerprint density at radius 1 is 1.27 bits per heavy atom. The molecule has 0 aromatic carbocycles. The number of likely N-dealkylation sites (tertiary alicyclic amines) is 2. The molecule has 7 heteroatoms. The lowest BCUT2D eigenvalue weighted by molar-refractivity contribution is 0.0751. The van der Waals surface area contributed by atoms with E-state index in [1.54, 1.807) is 0 Å². The van der Waals surface area contributed by atoms with Crippen LogP contribution >= 0.6 is 0 Å². The Balaban J connectivity index is 1.41. The summed E-state index contributed by atoms with van der Waals surface area (Å²) in [6.07, 6.45) is 6.34. The molecule has 2 saturated heterocycles. The van der Waals surface area contributed by atoms with Gasteiger partial charge in [0.25, 0.3) is 5.91 Å². The molecule has 2 aliphatic heterocycles. The Labute approximate surface area is 153 Å². The highest BCUT2D eigenvalue weighted by atomic mass is 16.5. The lowest BCUT2D eigenvalue weighted by atomic mass is 9.94. The van der Waals surface area contributed by atoms with Gasteiger partial charge in [0.05, 0.1) is 11.9 Å². The van der Waals surface area contributed by atoms with Gasteiger partial charge < -0.3 is 9.42 Å². The molecule has 2 aromatic heterocycles. The average molecular weight is 357 g/mol. The second kappa shape index (κ2) is 7.23. The summed E-state index contributed by atoms with van der Waals surface area (Å²) in [5.41, 5.74) is 3.41. The van der Waals surface area contributed by atoms with Gasteiger partial charge in [0.1, 0.15) is 0 Å². The molecule has 1 atom stereocenters. The minimum Gasteiger partial charge on any atom is -0.351 e. The van der Waals surface area contributed by atoms with Gasteiger partial charge in [-0.15, -0.1) is 0 Å². The second-order valence-electron chi connectivity index (χ2n) is 7.57. The van der Waals surface area contributed by atoms with E-state index in [9.17, 15) is 4.79 Å². The summed E-state index contributed by atoms with van der Waals surface area (Å²) >= 11 is 0. The van der Waals surface area contributed by atoms with E-state index in [1.165, 1.54) is 11.3 Å². The maximum absolute atomic E-state index is 12.5. The van der Waals surface area contributed by atoms with E-state index >= 15 is 0 Å². The van der Waals surface area contributed by atoms with Crippen LogP contribution in [0.15, 0.2) is 16.8 Å². The Morgan fingerprint density at radius 3 is 2.81 bits per heavy atom. The van der Waals surface area contributed by atoms with Crippen LogP contribution in [0.25, 0.3) is 0 Å². The molecule has 26 heavy (non-hydrogen) atoms. The van der Waals surface area contributed by atoms with Crippen molar-refractivity contribution in [3.05, 3.63) is 35.0 Å². The van der Waals surface area contributed by atoms with Crippen LogP contribution in [0.3, 0.4) is 0 Å². The molecule has 0 unspecified atom stereocenters. The number of amides is 1. The van der Waals surface area contributed by atoms with E-state index in [4.69, 9.17) is 4.52 Å². The first-order chi connectivity index (χ1) is 12.6. The van der Waals surface area contributed by atoms with Crippen LogP contribution in [-0.2, 0) is 13.6 Å². The van der Waals surface area contributed by atoms with E-state index in [0.717, 1.165) is 64.1 Å². The molecule has 0 N–H and O–H groups in total. The van der Waals surface area contributed by atoms with E-state index in [1.807, 2.05) is 28.9 Å². The number of piperidine rings is 1. The zero-order chi connectivity index (χ0) is 18.1. The first-order valence-corrected chi connectivity index (χ1v) is 9.57. The molecule has 140 valence electrons. The molecule has 2 fully saturated rings. The predicted molar refractivity (Wildman–Crippen MR) is 96.8 cm³/mol. The Kier molecular flexibility index (Phi) is 4.80. The van der Waals surface area contributed by atoms with Crippen LogP contribution in [0.1, 0.15) is 59.1 Å². The lowest BCUT2D eigenvalue weighted by Crippen LogP contribution is -2.34. The van der Waals surface area contributed by atoms with E-state index in [0.29, 0.717) is 11.7 Å². The second-order valence-corrected chi connectivity index (χ2v) is 7.57. The summed E-state index contributed by atoms with van der Waals surface area (Å²) in [6.45, 7) is 6.71. The van der Waals surface area contributed by atoms with Gasteiger partial charge in [-0.2, -0.15) is 5.10 Å². The van der Waals surface area contributed by atoms with Crippen molar-refractivity contribution in [2.45, 2.75) is 45.1 Å².